The van der Waals surface area contributed by atoms with E-state index in [0.29, 0.717) is 0 Å². The van der Waals surface area contributed by atoms with Crippen molar-refractivity contribution in [3.05, 3.63) is 0 Å². The van der Waals surface area contributed by atoms with Gasteiger partial charge in [-0.15, -0.1) is 0 Å². The molecule has 0 aromatic rings. The number of hydrogen-bond acceptors (Lipinski definition) is 0. The minimum absolute atomic E-state index is 0. The van der Waals surface area contributed by atoms with Crippen LogP contribution in [0, 0.1) is 0 Å². The Morgan fingerprint density at radius 2 is 0.600 bits per heavy atom. The van der Waals surface area contributed by atoms with Gasteiger partial charge < -0.3 is 16.4 Å². The fourth-order valence-electron chi connectivity index (χ4n) is 0. The van der Waals surface area contributed by atoms with E-state index in [0.717, 1.165) is 0 Å². The van der Waals surface area contributed by atoms with E-state index < -0.39 is 0 Å². The molecule has 0 spiro atoms. The van der Waals surface area contributed by atoms with Crippen LogP contribution in [0.2, 0.25) is 0 Å². The third-order valence-corrected chi connectivity index (χ3v) is 0. The molecule has 3 nitrogen and oxygen atoms in total. The summed E-state index contributed by atoms with van der Waals surface area (Å²) in [5, 5.41) is 0. The monoisotopic (exact) mass is 464 g/mol. The van der Waals surface area contributed by atoms with Gasteiger partial charge in [-0.05, 0) is 0 Å². The van der Waals surface area contributed by atoms with E-state index in [1.165, 1.54) is 0 Å². The van der Waals surface area contributed by atoms with Crippen LogP contribution in [0.3, 0.4) is 0 Å². The van der Waals surface area contributed by atoms with E-state index in [2.05, 4.69) is 0 Å². The van der Waals surface area contributed by atoms with Crippen molar-refractivity contribution in [1.82, 2.24) is 0 Å². The van der Waals surface area contributed by atoms with Crippen LogP contribution in [0.15, 0.2) is 0 Å². The first-order chi connectivity index (χ1) is 0. The van der Waals surface area contributed by atoms with Crippen molar-refractivity contribution in [3.8, 4) is 0 Å². The second-order valence-electron chi connectivity index (χ2n) is 0. The molecule has 0 aliphatic rings. The van der Waals surface area contributed by atoms with E-state index in [4.69, 9.17) is 0 Å². The van der Waals surface area contributed by atoms with Crippen LogP contribution in [-0.4, -0.2) is 54.6 Å². The Morgan fingerprint density at radius 1 is 0.600 bits per heavy atom. The van der Waals surface area contributed by atoms with Crippen LogP contribution in [0.5, 0.6) is 0 Å². The Kier molecular flexibility index (Phi) is 637. The van der Waals surface area contributed by atoms with Gasteiger partial charge in [0, 0.05) is 27.3 Å². The predicted molar refractivity (Wildman–Crippen MR) is 13.6 cm³/mol. The van der Waals surface area contributed by atoms with Crippen molar-refractivity contribution >= 4 is 54.6 Å². The molecule has 0 aliphatic carbocycles. The summed E-state index contributed by atoms with van der Waals surface area (Å²) in [5.74, 6) is 0. The molecule has 5 heteroatoms. The standard InChI is InChI=1S/3O.2Pb/q3*-2;;+2. The molecule has 0 N–H and O–H groups in total. The van der Waals surface area contributed by atoms with Crippen LogP contribution in [0.1, 0.15) is 0 Å². The van der Waals surface area contributed by atoms with Crippen LogP contribution in [-0.2, 0) is 16.4 Å². The molecule has 0 aliphatic heterocycles. The molecule has 6 radical (unpaired) electrons. The third-order valence-electron chi connectivity index (χ3n) is 0. The van der Waals surface area contributed by atoms with Gasteiger partial charge in [-0.25, -0.2) is 0 Å². The SMILES string of the molecule is [O-2].[O-2].[O-2].[Pb+2].[Pb]. The van der Waals surface area contributed by atoms with Gasteiger partial charge >= 0.3 is 27.3 Å². The zero-order chi connectivity index (χ0) is 0. The first-order valence-electron chi connectivity index (χ1n) is 0. The molecule has 0 rings (SSSR count). The zero-order valence-corrected chi connectivity index (χ0v) is 10.00. The van der Waals surface area contributed by atoms with Crippen LogP contribution in [0.25, 0.3) is 0 Å². The number of rotatable bonds is 0. The first kappa shape index (κ1) is 74.1. The minimum Gasteiger partial charge on any atom is -2.00 e. The van der Waals surface area contributed by atoms with Crippen molar-refractivity contribution in [2.75, 3.05) is 0 Å². The predicted octanol–water partition coefficient (Wildman–Crippen LogP) is -1.12. The summed E-state index contributed by atoms with van der Waals surface area (Å²) >= 11 is 0. The zero-order valence-electron chi connectivity index (χ0n) is 2.22. The number of hydrogen-bond donors (Lipinski definition) is 0. The van der Waals surface area contributed by atoms with E-state index in [9.17, 15) is 0 Å². The molecule has 0 unspecified atom stereocenters. The largest absolute Gasteiger partial charge is 2.00 e. The van der Waals surface area contributed by atoms with Gasteiger partial charge in [-0.2, -0.15) is 0 Å². The van der Waals surface area contributed by atoms with Gasteiger partial charge in [0.25, 0.3) is 0 Å². The van der Waals surface area contributed by atoms with Gasteiger partial charge in [-0.3, -0.25) is 0 Å². The summed E-state index contributed by atoms with van der Waals surface area (Å²) < 4.78 is 0. The average Bonchev–Trinajstić information content (AvgIpc) is 0. The van der Waals surface area contributed by atoms with E-state index >= 15 is 0 Å². The molecule has 30 valence electrons. The van der Waals surface area contributed by atoms with Crippen molar-refractivity contribution in [1.29, 1.82) is 0 Å². The molecule has 0 amide bonds. The Labute approximate surface area is 70.4 Å². The molecule has 0 bridgehead atoms. The van der Waals surface area contributed by atoms with E-state index in [-0.39, 0.29) is 71.0 Å². The average molecular weight is 462 g/mol. The molecule has 0 saturated heterocycles. The second-order valence-corrected chi connectivity index (χ2v) is 0. The molecule has 0 atom stereocenters. The van der Waals surface area contributed by atoms with Gasteiger partial charge in [0.05, 0.1) is 0 Å². The fraction of sp³-hybridized carbons (Fsp3) is 0. The molecule has 5 heavy (non-hydrogen) atoms. The maximum absolute atomic E-state index is 0. The Morgan fingerprint density at radius 3 is 0.600 bits per heavy atom. The summed E-state index contributed by atoms with van der Waals surface area (Å²) in [6.45, 7) is 0. The van der Waals surface area contributed by atoms with Gasteiger partial charge in [0.15, 0.2) is 0 Å². The summed E-state index contributed by atoms with van der Waals surface area (Å²) in [7, 11) is 0. The molecular formula is O3Pb2-4. The van der Waals surface area contributed by atoms with Crippen molar-refractivity contribution in [3.63, 3.8) is 0 Å². The van der Waals surface area contributed by atoms with Crippen LogP contribution >= 0.6 is 0 Å². The third kappa shape index (κ3) is 26.7. The molecular weight excluding hydrogens is 462 g/mol. The maximum Gasteiger partial charge on any atom is 2.00 e. The van der Waals surface area contributed by atoms with Crippen molar-refractivity contribution < 1.29 is 16.4 Å². The smallest absolute Gasteiger partial charge is 2.00 e. The quantitative estimate of drug-likeness (QED) is 0.409. The second kappa shape index (κ2) is 43.0. The molecule has 0 heterocycles. The van der Waals surface area contributed by atoms with E-state index in [1.807, 2.05) is 0 Å². The Hall–Kier alpha value is 1.72. The maximum atomic E-state index is 0. The summed E-state index contributed by atoms with van der Waals surface area (Å²) in [4.78, 5) is 0. The van der Waals surface area contributed by atoms with Crippen molar-refractivity contribution in [2.24, 2.45) is 0 Å². The van der Waals surface area contributed by atoms with Gasteiger partial charge in [0.2, 0.25) is 0 Å². The Balaban J connectivity index is 0. The van der Waals surface area contributed by atoms with Crippen LogP contribution < -0.4 is 0 Å². The summed E-state index contributed by atoms with van der Waals surface area (Å²) in [6.07, 6.45) is 0. The summed E-state index contributed by atoms with van der Waals surface area (Å²) in [5.41, 5.74) is 0. The van der Waals surface area contributed by atoms with Gasteiger partial charge in [0.1, 0.15) is 0 Å². The Bertz CT molecular complexity index is 4.85. The van der Waals surface area contributed by atoms with Crippen molar-refractivity contribution in [2.45, 2.75) is 0 Å². The molecule has 0 aromatic heterocycles. The molecule has 0 saturated carbocycles. The fourth-order valence-corrected chi connectivity index (χ4v) is 0. The molecule has 0 fully saturated rings. The summed E-state index contributed by atoms with van der Waals surface area (Å²) in [6, 6.07) is 0. The van der Waals surface area contributed by atoms with Crippen LogP contribution in [0.4, 0.5) is 0 Å². The normalized spacial score (nSPS) is 0. The molecule has 0 aromatic carbocycles. The minimum atomic E-state index is 0. The van der Waals surface area contributed by atoms with E-state index in [1.54, 1.807) is 0 Å². The van der Waals surface area contributed by atoms with Gasteiger partial charge in [-0.1, -0.05) is 0 Å². The first-order valence-corrected chi connectivity index (χ1v) is 0. The topological polar surface area (TPSA) is 85.5 Å².